The Bertz CT molecular complexity index is 1300. The summed E-state index contributed by atoms with van der Waals surface area (Å²) < 4.78 is 0. The molecule has 6 heteroatoms. The lowest BCUT2D eigenvalue weighted by Crippen LogP contribution is -2.15. The number of thiophene rings is 1. The van der Waals surface area contributed by atoms with Gasteiger partial charge >= 0.3 is 0 Å². The average Bonchev–Trinajstić information content (AvgIpc) is 3.11. The molecule has 0 bridgehead atoms. The van der Waals surface area contributed by atoms with Gasteiger partial charge in [-0.3, -0.25) is 9.59 Å². The van der Waals surface area contributed by atoms with Crippen LogP contribution < -0.4 is 16.4 Å². The van der Waals surface area contributed by atoms with E-state index >= 15 is 0 Å². The van der Waals surface area contributed by atoms with E-state index in [1.165, 1.54) is 11.3 Å². The van der Waals surface area contributed by atoms with E-state index < -0.39 is 0 Å². The highest BCUT2D eigenvalue weighted by Crippen LogP contribution is 2.39. The van der Waals surface area contributed by atoms with Crippen molar-refractivity contribution in [3.05, 3.63) is 106 Å². The van der Waals surface area contributed by atoms with Crippen molar-refractivity contribution in [1.82, 2.24) is 0 Å². The van der Waals surface area contributed by atoms with E-state index in [0.717, 1.165) is 16.8 Å². The molecule has 4 N–H and O–H groups in total. The minimum atomic E-state index is -0.368. The van der Waals surface area contributed by atoms with E-state index in [0.29, 0.717) is 21.1 Å². The van der Waals surface area contributed by atoms with Crippen molar-refractivity contribution < 1.29 is 9.59 Å². The number of hydrogen-bond acceptors (Lipinski definition) is 5. The van der Waals surface area contributed by atoms with Gasteiger partial charge in [-0.2, -0.15) is 0 Å². The fourth-order valence-electron chi connectivity index (χ4n) is 3.40. The standard InChI is InChI=1S/C26H23N3O2S/c1-16-9-8-13-19(15-16)28-25(31)21-22(27)24(23(30)18-11-4-3-5-12-18)32-26(21)29-20-14-7-6-10-17(20)2/h3-15,29H,27H2,1-2H3,(H,28,31). The summed E-state index contributed by atoms with van der Waals surface area (Å²) in [6.07, 6.45) is 0. The molecule has 4 rings (SSSR count). The molecule has 0 radical (unpaired) electrons. The molecule has 4 aromatic rings. The number of carbonyl (C=O) groups excluding carboxylic acids is 2. The minimum absolute atomic E-state index is 0.171. The van der Waals surface area contributed by atoms with Gasteiger partial charge in [0, 0.05) is 16.9 Å². The second-order valence-corrected chi connectivity index (χ2v) is 8.53. The van der Waals surface area contributed by atoms with Gasteiger partial charge in [-0.1, -0.05) is 60.7 Å². The van der Waals surface area contributed by atoms with E-state index in [4.69, 9.17) is 5.73 Å². The number of aryl methyl sites for hydroxylation is 2. The van der Waals surface area contributed by atoms with Crippen LogP contribution >= 0.6 is 11.3 Å². The van der Waals surface area contributed by atoms with Gasteiger partial charge in [-0.15, -0.1) is 11.3 Å². The van der Waals surface area contributed by atoms with Crippen LogP contribution in [0.15, 0.2) is 78.9 Å². The quantitative estimate of drug-likeness (QED) is 0.312. The number of nitrogen functional groups attached to an aromatic ring is 1. The summed E-state index contributed by atoms with van der Waals surface area (Å²) >= 11 is 1.19. The van der Waals surface area contributed by atoms with Crippen LogP contribution in [0.5, 0.6) is 0 Å². The zero-order chi connectivity index (χ0) is 22.7. The monoisotopic (exact) mass is 441 g/mol. The smallest absolute Gasteiger partial charge is 0.260 e. The SMILES string of the molecule is Cc1cccc(NC(=O)c2c(Nc3ccccc3C)sc(C(=O)c3ccccc3)c2N)c1. The second kappa shape index (κ2) is 9.08. The number of amides is 1. The molecular weight excluding hydrogens is 418 g/mol. The first kappa shape index (κ1) is 21.3. The summed E-state index contributed by atoms with van der Waals surface area (Å²) in [6.45, 7) is 3.93. The molecule has 0 unspecified atom stereocenters. The molecule has 160 valence electrons. The Hall–Kier alpha value is -3.90. The minimum Gasteiger partial charge on any atom is -0.397 e. The van der Waals surface area contributed by atoms with Crippen molar-refractivity contribution >= 4 is 45.1 Å². The van der Waals surface area contributed by atoms with Crippen molar-refractivity contribution in [2.45, 2.75) is 13.8 Å². The topological polar surface area (TPSA) is 84.2 Å². The molecule has 0 saturated heterocycles. The van der Waals surface area contributed by atoms with Crippen molar-refractivity contribution in [2.75, 3.05) is 16.4 Å². The fourth-order valence-corrected chi connectivity index (χ4v) is 4.49. The first-order valence-electron chi connectivity index (χ1n) is 10.2. The normalized spacial score (nSPS) is 10.6. The van der Waals surface area contributed by atoms with Gasteiger partial charge in [0.05, 0.1) is 11.3 Å². The number of benzene rings is 3. The van der Waals surface area contributed by atoms with Crippen LogP contribution in [0.4, 0.5) is 22.1 Å². The molecule has 5 nitrogen and oxygen atoms in total. The predicted molar refractivity (Wildman–Crippen MR) is 132 cm³/mol. The Morgan fingerprint density at radius 2 is 1.59 bits per heavy atom. The van der Waals surface area contributed by atoms with E-state index in [9.17, 15) is 9.59 Å². The molecule has 1 amide bonds. The van der Waals surface area contributed by atoms with E-state index in [1.54, 1.807) is 24.3 Å². The van der Waals surface area contributed by atoms with Crippen LogP contribution in [-0.2, 0) is 0 Å². The first-order valence-corrected chi connectivity index (χ1v) is 11.0. The number of nitrogens with two attached hydrogens (primary N) is 1. The third-order valence-electron chi connectivity index (χ3n) is 5.08. The van der Waals surface area contributed by atoms with Crippen molar-refractivity contribution in [2.24, 2.45) is 0 Å². The Morgan fingerprint density at radius 1 is 0.875 bits per heavy atom. The predicted octanol–water partition coefficient (Wildman–Crippen LogP) is 6.17. The number of para-hydroxylation sites is 1. The molecule has 0 saturated carbocycles. The van der Waals surface area contributed by atoms with E-state index in [-0.39, 0.29) is 22.9 Å². The lowest BCUT2D eigenvalue weighted by Gasteiger charge is -2.11. The molecule has 0 aliphatic carbocycles. The lowest BCUT2D eigenvalue weighted by molar-refractivity contribution is 0.102. The maximum Gasteiger partial charge on any atom is 0.260 e. The maximum atomic E-state index is 13.3. The van der Waals surface area contributed by atoms with Crippen LogP contribution in [0.2, 0.25) is 0 Å². The zero-order valence-electron chi connectivity index (χ0n) is 17.8. The summed E-state index contributed by atoms with van der Waals surface area (Å²) in [7, 11) is 0. The molecule has 3 aromatic carbocycles. The summed E-state index contributed by atoms with van der Waals surface area (Å²) in [5.74, 6) is -0.580. The molecule has 0 aliphatic heterocycles. The van der Waals surface area contributed by atoms with E-state index in [1.807, 2.05) is 68.4 Å². The summed E-state index contributed by atoms with van der Waals surface area (Å²) in [6, 6.07) is 24.2. The Kier molecular flexibility index (Phi) is 6.05. The van der Waals surface area contributed by atoms with Crippen molar-refractivity contribution in [3.8, 4) is 0 Å². The van der Waals surface area contributed by atoms with Gasteiger partial charge in [-0.05, 0) is 43.2 Å². The maximum absolute atomic E-state index is 13.3. The Morgan fingerprint density at radius 3 is 2.31 bits per heavy atom. The number of nitrogens with one attached hydrogen (secondary N) is 2. The van der Waals surface area contributed by atoms with Gasteiger partial charge in [0.1, 0.15) is 9.88 Å². The van der Waals surface area contributed by atoms with Crippen LogP contribution in [0.3, 0.4) is 0 Å². The largest absolute Gasteiger partial charge is 0.397 e. The third-order valence-corrected chi connectivity index (χ3v) is 6.20. The zero-order valence-corrected chi connectivity index (χ0v) is 18.6. The lowest BCUT2D eigenvalue weighted by atomic mass is 10.1. The highest BCUT2D eigenvalue weighted by Gasteiger charge is 2.26. The van der Waals surface area contributed by atoms with Gasteiger partial charge in [-0.25, -0.2) is 0 Å². The fraction of sp³-hybridized carbons (Fsp3) is 0.0769. The highest BCUT2D eigenvalue weighted by atomic mass is 32.1. The summed E-state index contributed by atoms with van der Waals surface area (Å²) in [5, 5.41) is 6.75. The first-order chi connectivity index (χ1) is 15.4. The number of anilines is 4. The Balaban J connectivity index is 1.77. The van der Waals surface area contributed by atoms with Crippen LogP contribution in [0.1, 0.15) is 36.7 Å². The molecule has 1 aromatic heterocycles. The number of hydrogen-bond donors (Lipinski definition) is 3. The van der Waals surface area contributed by atoms with Gasteiger partial charge in [0.2, 0.25) is 5.78 Å². The van der Waals surface area contributed by atoms with E-state index in [2.05, 4.69) is 10.6 Å². The van der Waals surface area contributed by atoms with Crippen LogP contribution in [0.25, 0.3) is 0 Å². The molecule has 0 fully saturated rings. The Labute approximate surface area is 190 Å². The van der Waals surface area contributed by atoms with Crippen LogP contribution in [0, 0.1) is 13.8 Å². The molecule has 0 spiro atoms. The second-order valence-electron chi connectivity index (χ2n) is 7.51. The third kappa shape index (κ3) is 4.40. The number of carbonyl (C=O) groups is 2. The highest BCUT2D eigenvalue weighted by molar-refractivity contribution is 7.19. The van der Waals surface area contributed by atoms with Crippen molar-refractivity contribution in [1.29, 1.82) is 0 Å². The molecule has 0 atom stereocenters. The molecule has 0 aliphatic rings. The molecule has 1 heterocycles. The van der Waals surface area contributed by atoms with Gasteiger partial charge in [0.15, 0.2) is 0 Å². The summed E-state index contributed by atoms with van der Waals surface area (Å²) in [5.41, 5.74) is 10.9. The van der Waals surface area contributed by atoms with Gasteiger partial charge < -0.3 is 16.4 Å². The van der Waals surface area contributed by atoms with Gasteiger partial charge in [0.25, 0.3) is 5.91 Å². The summed E-state index contributed by atoms with van der Waals surface area (Å²) in [4.78, 5) is 26.8. The average molecular weight is 442 g/mol. The number of rotatable bonds is 6. The van der Waals surface area contributed by atoms with Crippen molar-refractivity contribution in [3.63, 3.8) is 0 Å². The molecule has 32 heavy (non-hydrogen) atoms. The molecular formula is C26H23N3O2S. The van der Waals surface area contributed by atoms with Crippen LogP contribution in [-0.4, -0.2) is 11.7 Å². The number of ketones is 1.